The summed E-state index contributed by atoms with van der Waals surface area (Å²) in [5.74, 6) is -0.134. The maximum atomic E-state index is 13.4. The summed E-state index contributed by atoms with van der Waals surface area (Å²) in [6, 6.07) is 10.2. The van der Waals surface area contributed by atoms with Crippen molar-refractivity contribution < 1.29 is 18.0 Å². The Kier molecular flexibility index (Phi) is 8.52. The van der Waals surface area contributed by atoms with Crippen LogP contribution in [0.5, 0.6) is 0 Å². The first-order valence-electron chi connectivity index (χ1n) is 12.2. The molecule has 0 aliphatic rings. The van der Waals surface area contributed by atoms with E-state index in [1.807, 2.05) is 23.7 Å². The second-order valence-corrected chi connectivity index (χ2v) is 12.3. The summed E-state index contributed by atoms with van der Waals surface area (Å²) in [4.78, 5) is 45.9. The highest BCUT2D eigenvalue weighted by atomic mass is 32.2. The summed E-state index contributed by atoms with van der Waals surface area (Å²) in [6.45, 7) is 2.82. The number of sulfonamides is 1. The van der Waals surface area contributed by atoms with E-state index in [0.717, 1.165) is 21.9 Å². The van der Waals surface area contributed by atoms with Gasteiger partial charge < -0.3 is 20.9 Å². The van der Waals surface area contributed by atoms with Crippen molar-refractivity contribution in [3.8, 4) is 5.82 Å². The number of anilines is 2. The number of rotatable bonds is 9. The Morgan fingerprint density at radius 3 is 2.42 bits per heavy atom. The van der Waals surface area contributed by atoms with Crippen molar-refractivity contribution in [2.45, 2.75) is 11.1 Å². The molecule has 210 valence electrons. The van der Waals surface area contributed by atoms with Crippen LogP contribution in [0.1, 0.15) is 15.2 Å². The minimum atomic E-state index is -4.02. The Labute approximate surface area is 235 Å². The Morgan fingerprint density at radius 2 is 1.80 bits per heavy atom. The zero-order chi connectivity index (χ0) is 29.0. The van der Waals surface area contributed by atoms with Gasteiger partial charge in [0.05, 0.1) is 17.4 Å². The van der Waals surface area contributed by atoms with E-state index in [-0.39, 0.29) is 27.2 Å². The SMILES string of the molecule is CNc1ccc2c(=O)n(-c3ccc(NC(=O)NS(=O)(=O)c4ccc(C)s4)cn3)cc(C(=O)NCCN(C)C)c2c1. The summed E-state index contributed by atoms with van der Waals surface area (Å²) in [7, 11) is 1.53. The van der Waals surface area contributed by atoms with Gasteiger partial charge >= 0.3 is 6.03 Å². The molecule has 0 fully saturated rings. The van der Waals surface area contributed by atoms with Gasteiger partial charge in [0.15, 0.2) is 0 Å². The van der Waals surface area contributed by atoms with Crippen molar-refractivity contribution in [3.63, 3.8) is 0 Å². The van der Waals surface area contributed by atoms with Gasteiger partial charge in [-0.2, -0.15) is 0 Å². The molecule has 0 aliphatic carbocycles. The molecule has 14 heteroatoms. The smallest absolute Gasteiger partial charge is 0.333 e. The highest BCUT2D eigenvalue weighted by Crippen LogP contribution is 2.22. The summed E-state index contributed by atoms with van der Waals surface area (Å²) >= 11 is 1.05. The number of urea groups is 1. The van der Waals surface area contributed by atoms with Crippen molar-refractivity contribution in [1.82, 2.24) is 24.5 Å². The summed E-state index contributed by atoms with van der Waals surface area (Å²) in [5.41, 5.74) is 0.858. The third-order valence-electron chi connectivity index (χ3n) is 5.86. The normalized spacial score (nSPS) is 11.4. The molecule has 40 heavy (non-hydrogen) atoms. The molecule has 0 saturated carbocycles. The third-order valence-corrected chi connectivity index (χ3v) is 8.68. The number of thiophene rings is 1. The molecule has 12 nitrogen and oxygen atoms in total. The quantitative estimate of drug-likeness (QED) is 0.234. The lowest BCUT2D eigenvalue weighted by atomic mass is 10.1. The number of fused-ring (bicyclic) bond motifs is 1. The van der Waals surface area contributed by atoms with Crippen molar-refractivity contribution in [2.24, 2.45) is 0 Å². The Bertz CT molecular complexity index is 1730. The van der Waals surface area contributed by atoms with Crippen molar-refractivity contribution in [3.05, 3.63) is 75.7 Å². The van der Waals surface area contributed by atoms with Crippen LogP contribution in [0, 0.1) is 6.92 Å². The second-order valence-electron chi connectivity index (χ2n) is 9.12. The topological polar surface area (TPSA) is 155 Å². The standard InChI is InChI=1S/C26H29N7O5S2/c1-16-5-10-23(39-16)40(37,38)31-26(36)30-18-7-9-22(29-14-18)33-15-21(24(34)28-11-12-32(3)4)20-13-17(27-2)6-8-19(20)25(33)35/h5-10,13-15,27H,11-12H2,1-4H3,(H,28,34)(H2,30,31,36). The average molecular weight is 584 g/mol. The lowest BCUT2D eigenvalue weighted by Crippen LogP contribution is -2.34. The van der Waals surface area contributed by atoms with E-state index in [2.05, 4.69) is 20.9 Å². The molecule has 0 saturated heterocycles. The van der Waals surface area contributed by atoms with E-state index in [0.29, 0.717) is 29.4 Å². The third kappa shape index (κ3) is 6.47. The van der Waals surface area contributed by atoms with Gasteiger partial charge in [-0.25, -0.2) is 22.9 Å². The van der Waals surface area contributed by atoms with Crippen LogP contribution in [0.25, 0.3) is 16.6 Å². The maximum absolute atomic E-state index is 13.4. The van der Waals surface area contributed by atoms with Gasteiger partial charge in [-0.3, -0.25) is 14.2 Å². The first kappa shape index (κ1) is 28.7. The van der Waals surface area contributed by atoms with Gasteiger partial charge in [0.25, 0.3) is 21.5 Å². The fraction of sp³-hybridized carbons (Fsp3) is 0.231. The van der Waals surface area contributed by atoms with E-state index in [9.17, 15) is 22.8 Å². The molecule has 0 aliphatic heterocycles. The highest BCUT2D eigenvalue weighted by Gasteiger charge is 2.20. The van der Waals surface area contributed by atoms with Crippen LogP contribution in [0.3, 0.4) is 0 Å². The van der Waals surface area contributed by atoms with Crippen LogP contribution in [-0.2, 0) is 10.0 Å². The Balaban J connectivity index is 1.61. The first-order chi connectivity index (χ1) is 19.0. The molecule has 0 unspecified atom stereocenters. The number of aromatic nitrogens is 2. The van der Waals surface area contributed by atoms with E-state index in [1.54, 1.807) is 38.2 Å². The Hall–Kier alpha value is -4.27. The molecule has 1 aromatic carbocycles. The van der Waals surface area contributed by atoms with Crippen LogP contribution < -0.4 is 26.2 Å². The van der Waals surface area contributed by atoms with Gasteiger partial charge in [-0.05, 0) is 63.5 Å². The van der Waals surface area contributed by atoms with Crippen LogP contribution in [0.15, 0.2) is 63.9 Å². The molecule has 3 heterocycles. The van der Waals surface area contributed by atoms with Crippen LogP contribution >= 0.6 is 11.3 Å². The number of benzene rings is 1. The lowest BCUT2D eigenvalue weighted by Gasteiger charge is -2.15. The number of hydrogen-bond donors (Lipinski definition) is 4. The van der Waals surface area contributed by atoms with Gasteiger partial charge in [-0.15, -0.1) is 11.3 Å². The largest absolute Gasteiger partial charge is 0.388 e. The number of aryl methyl sites for hydroxylation is 1. The molecular weight excluding hydrogens is 554 g/mol. The molecule has 4 rings (SSSR count). The van der Waals surface area contributed by atoms with E-state index >= 15 is 0 Å². The first-order valence-corrected chi connectivity index (χ1v) is 14.5. The minimum Gasteiger partial charge on any atom is -0.388 e. The number of pyridine rings is 2. The van der Waals surface area contributed by atoms with Crippen LogP contribution in [0.4, 0.5) is 16.2 Å². The lowest BCUT2D eigenvalue weighted by molar-refractivity contribution is 0.0952. The van der Waals surface area contributed by atoms with E-state index in [4.69, 9.17) is 0 Å². The maximum Gasteiger partial charge on any atom is 0.333 e. The van der Waals surface area contributed by atoms with E-state index in [1.165, 1.54) is 35.2 Å². The van der Waals surface area contributed by atoms with Gasteiger partial charge in [0, 0.05) is 47.7 Å². The second kappa shape index (κ2) is 11.9. The summed E-state index contributed by atoms with van der Waals surface area (Å²) in [5, 5.41) is 9.15. The zero-order valence-corrected chi connectivity index (χ0v) is 23.9. The Morgan fingerprint density at radius 1 is 1.05 bits per heavy atom. The van der Waals surface area contributed by atoms with Crippen molar-refractivity contribution in [1.29, 1.82) is 0 Å². The van der Waals surface area contributed by atoms with E-state index < -0.39 is 16.1 Å². The van der Waals surface area contributed by atoms with Crippen molar-refractivity contribution in [2.75, 3.05) is 44.9 Å². The summed E-state index contributed by atoms with van der Waals surface area (Å²) < 4.78 is 28.0. The molecule has 3 amide bonds. The number of nitrogens with zero attached hydrogens (tertiary/aromatic N) is 3. The highest BCUT2D eigenvalue weighted by molar-refractivity contribution is 7.92. The number of amides is 3. The number of hydrogen-bond acceptors (Lipinski definition) is 9. The van der Waals surface area contributed by atoms with Crippen molar-refractivity contribution >= 4 is 55.4 Å². The van der Waals surface area contributed by atoms with Gasteiger partial charge in [-0.1, -0.05) is 0 Å². The average Bonchev–Trinajstić information content (AvgIpc) is 3.36. The van der Waals surface area contributed by atoms with Gasteiger partial charge in [0.2, 0.25) is 0 Å². The molecule has 3 aromatic heterocycles. The predicted octanol–water partition coefficient (Wildman–Crippen LogP) is 2.60. The minimum absolute atomic E-state index is 0.0210. The predicted molar refractivity (Wildman–Crippen MR) is 156 cm³/mol. The molecule has 4 aromatic rings. The number of carbonyl (C=O) groups excluding carboxylic acids is 2. The molecule has 0 bridgehead atoms. The molecule has 0 atom stereocenters. The fourth-order valence-electron chi connectivity index (χ4n) is 3.82. The fourth-order valence-corrected chi connectivity index (χ4v) is 6.01. The van der Waals surface area contributed by atoms with Gasteiger partial charge in [0.1, 0.15) is 10.0 Å². The number of nitrogens with one attached hydrogen (secondary N) is 4. The number of carbonyl (C=O) groups is 2. The van der Waals surface area contributed by atoms with Crippen LogP contribution in [-0.4, -0.2) is 69.0 Å². The van der Waals surface area contributed by atoms with Crippen LogP contribution in [0.2, 0.25) is 0 Å². The zero-order valence-electron chi connectivity index (χ0n) is 22.3. The summed E-state index contributed by atoms with van der Waals surface area (Å²) in [6.07, 6.45) is 2.72. The molecule has 0 spiro atoms. The monoisotopic (exact) mass is 583 g/mol. The number of likely N-dealkylation sites (N-methyl/N-ethyl adjacent to an activating group) is 1. The molecule has 0 radical (unpaired) electrons. The molecule has 4 N–H and O–H groups in total. The molecular formula is C26H29N7O5S2.